The molecular formula is C18H24N6O2. The van der Waals surface area contributed by atoms with Crippen molar-refractivity contribution in [1.29, 1.82) is 0 Å². The maximum Gasteiger partial charge on any atom is 0.227 e. The predicted molar refractivity (Wildman–Crippen MR) is 95.9 cm³/mol. The van der Waals surface area contributed by atoms with Crippen LogP contribution in [0.25, 0.3) is 0 Å². The number of nitrogens with zero attached hydrogens (tertiary/aromatic N) is 6. The van der Waals surface area contributed by atoms with Crippen molar-refractivity contribution in [2.45, 2.75) is 26.3 Å². The number of piperazine rings is 1. The average molecular weight is 356 g/mol. The number of anilines is 1. The largest absolute Gasteiger partial charge is 0.361 e. The fourth-order valence-corrected chi connectivity index (χ4v) is 3.65. The number of likely N-dealkylation sites (tertiary alicyclic amines) is 1. The van der Waals surface area contributed by atoms with Crippen LogP contribution in [0.1, 0.15) is 17.0 Å². The second-order valence-corrected chi connectivity index (χ2v) is 7.00. The molecule has 8 nitrogen and oxygen atoms in total. The van der Waals surface area contributed by atoms with Crippen molar-refractivity contribution >= 4 is 11.9 Å². The second-order valence-electron chi connectivity index (χ2n) is 7.00. The van der Waals surface area contributed by atoms with Crippen molar-refractivity contribution in [3.8, 4) is 0 Å². The van der Waals surface area contributed by atoms with E-state index in [1.165, 1.54) is 0 Å². The van der Waals surface area contributed by atoms with E-state index in [0.29, 0.717) is 12.5 Å². The third kappa shape index (κ3) is 3.29. The second kappa shape index (κ2) is 7.03. The van der Waals surface area contributed by atoms with Gasteiger partial charge in [-0.25, -0.2) is 9.97 Å². The number of amides is 1. The Hall–Kier alpha value is -2.48. The van der Waals surface area contributed by atoms with Crippen LogP contribution < -0.4 is 4.90 Å². The fraction of sp³-hybridized carbons (Fsp3) is 0.556. The highest BCUT2D eigenvalue weighted by Crippen LogP contribution is 2.21. The van der Waals surface area contributed by atoms with E-state index in [4.69, 9.17) is 4.52 Å². The zero-order valence-corrected chi connectivity index (χ0v) is 15.3. The number of hydrogen-bond donors (Lipinski definition) is 0. The third-order valence-electron chi connectivity index (χ3n) is 5.39. The van der Waals surface area contributed by atoms with Crippen LogP contribution in [-0.4, -0.2) is 76.1 Å². The average Bonchev–Trinajstić information content (AvgIpc) is 2.94. The molecule has 4 rings (SSSR count). The molecule has 1 amide bonds. The van der Waals surface area contributed by atoms with Gasteiger partial charge in [-0.05, 0) is 19.9 Å². The van der Waals surface area contributed by atoms with E-state index in [-0.39, 0.29) is 5.91 Å². The van der Waals surface area contributed by atoms with Gasteiger partial charge in [-0.1, -0.05) is 5.16 Å². The molecule has 8 heteroatoms. The minimum absolute atomic E-state index is 0.159. The number of aryl methyl sites for hydroxylation is 2. The number of hydrogen-bond acceptors (Lipinski definition) is 7. The summed E-state index contributed by atoms with van der Waals surface area (Å²) in [5.41, 5.74) is 1.74. The summed E-state index contributed by atoms with van der Waals surface area (Å²) >= 11 is 0. The predicted octanol–water partition coefficient (Wildman–Crippen LogP) is 0.657. The van der Waals surface area contributed by atoms with Gasteiger partial charge in [0.25, 0.3) is 0 Å². The molecule has 0 N–H and O–H groups in total. The van der Waals surface area contributed by atoms with E-state index in [0.717, 1.165) is 62.2 Å². The van der Waals surface area contributed by atoms with Gasteiger partial charge in [0, 0.05) is 63.3 Å². The van der Waals surface area contributed by atoms with Gasteiger partial charge >= 0.3 is 0 Å². The molecule has 2 aliphatic heterocycles. The maximum atomic E-state index is 12.5. The zero-order valence-electron chi connectivity index (χ0n) is 15.3. The molecule has 2 aromatic rings. The van der Waals surface area contributed by atoms with Crippen molar-refractivity contribution in [2.24, 2.45) is 0 Å². The number of aromatic nitrogens is 3. The Bertz CT molecular complexity index is 744. The molecule has 2 fully saturated rings. The maximum absolute atomic E-state index is 12.5. The van der Waals surface area contributed by atoms with E-state index in [2.05, 4.69) is 24.9 Å². The summed E-state index contributed by atoms with van der Waals surface area (Å²) in [6, 6.07) is 2.30. The molecule has 0 aliphatic carbocycles. The van der Waals surface area contributed by atoms with Gasteiger partial charge < -0.3 is 14.3 Å². The van der Waals surface area contributed by atoms with Gasteiger partial charge in [0.2, 0.25) is 11.9 Å². The van der Waals surface area contributed by atoms with Crippen molar-refractivity contribution in [1.82, 2.24) is 24.9 Å². The lowest BCUT2D eigenvalue weighted by atomic mass is 10.0. The Balaban J connectivity index is 1.25. The van der Waals surface area contributed by atoms with Crippen molar-refractivity contribution in [3.63, 3.8) is 0 Å². The highest BCUT2D eigenvalue weighted by molar-refractivity contribution is 5.80. The van der Waals surface area contributed by atoms with E-state index < -0.39 is 0 Å². The molecule has 0 unspecified atom stereocenters. The smallest absolute Gasteiger partial charge is 0.227 e. The lowest BCUT2D eigenvalue weighted by Crippen LogP contribution is -2.64. The summed E-state index contributed by atoms with van der Waals surface area (Å²) in [4.78, 5) is 27.7. The molecule has 2 aromatic heterocycles. The van der Waals surface area contributed by atoms with E-state index in [1.54, 1.807) is 12.4 Å². The lowest BCUT2D eigenvalue weighted by Gasteiger charge is -2.48. The van der Waals surface area contributed by atoms with Gasteiger partial charge in [0.05, 0.1) is 12.1 Å². The van der Waals surface area contributed by atoms with Crippen LogP contribution in [0.3, 0.4) is 0 Å². The highest BCUT2D eigenvalue weighted by atomic mass is 16.5. The first kappa shape index (κ1) is 17.0. The Morgan fingerprint density at radius 3 is 2.46 bits per heavy atom. The number of rotatable bonds is 4. The standard InChI is InChI=1S/C18H24N6O2/c1-13-16(14(2)26-21-13)10-17(25)24-11-15(12-24)22-6-8-23(9-7-22)18-19-4-3-5-20-18/h3-5,15H,6-12H2,1-2H3. The van der Waals surface area contributed by atoms with E-state index in [9.17, 15) is 4.79 Å². The lowest BCUT2D eigenvalue weighted by molar-refractivity contribution is -0.138. The number of carbonyl (C=O) groups is 1. The molecule has 0 bridgehead atoms. The Morgan fingerprint density at radius 1 is 1.15 bits per heavy atom. The Kier molecular flexibility index (Phi) is 4.58. The Morgan fingerprint density at radius 2 is 1.85 bits per heavy atom. The van der Waals surface area contributed by atoms with Gasteiger partial charge in [-0.3, -0.25) is 9.69 Å². The van der Waals surface area contributed by atoms with E-state index in [1.807, 2.05) is 24.8 Å². The summed E-state index contributed by atoms with van der Waals surface area (Å²) in [7, 11) is 0. The molecule has 2 aliphatic rings. The molecule has 0 spiro atoms. The topological polar surface area (TPSA) is 78.6 Å². The summed E-state index contributed by atoms with van der Waals surface area (Å²) in [5, 5.41) is 3.92. The molecule has 0 radical (unpaired) electrons. The molecule has 0 saturated carbocycles. The first-order valence-electron chi connectivity index (χ1n) is 9.07. The van der Waals surface area contributed by atoms with Gasteiger partial charge in [-0.2, -0.15) is 0 Å². The third-order valence-corrected chi connectivity index (χ3v) is 5.39. The fourth-order valence-electron chi connectivity index (χ4n) is 3.65. The van der Waals surface area contributed by atoms with Crippen LogP contribution in [0, 0.1) is 13.8 Å². The van der Waals surface area contributed by atoms with Crippen LogP contribution in [0.5, 0.6) is 0 Å². The van der Waals surface area contributed by atoms with Crippen molar-refractivity contribution < 1.29 is 9.32 Å². The number of carbonyl (C=O) groups excluding carboxylic acids is 1. The molecule has 0 aromatic carbocycles. The van der Waals surface area contributed by atoms with Gasteiger partial charge in [-0.15, -0.1) is 0 Å². The SMILES string of the molecule is Cc1noc(C)c1CC(=O)N1CC(N2CCN(c3ncccn3)CC2)C1. The first-order valence-corrected chi connectivity index (χ1v) is 9.07. The Labute approximate surface area is 152 Å². The molecule has 138 valence electrons. The molecule has 2 saturated heterocycles. The molecule has 26 heavy (non-hydrogen) atoms. The van der Waals surface area contributed by atoms with Crippen LogP contribution in [0.15, 0.2) is 23.0 Å². The van der Waals surface area contributed by atoms with Gasteiger partial charge in [0.1, 0.15) is 5.76 Å². The van der Waals surface area contributed by atoms with Crippen LogP contribution in [-0.2, 0) is 11.2 Å². The summed E-state index contributed by atoms with van der Waals surface area (Å²) in [6.45, 7) is 9.17. The minimum Gasteiger partial charge on any atom is -0.361 e. The summed E-state index contributed by atoms with van der Waals surface area (Å²) in [5.74, 6) is 1.70. The quantitative estimate of drug-likeness (QED) is 0.796. The van der Waals surface area contributed by atoms with E-state index >= 15 is 0 Å². The molecule has 0 atom stereocenters. The van der Waals surface area contributed by atoms with Crippen molar-refractivity contribution in [3.05, 3.63) is 35.5 Å². The molecular weight excluding hydrogens is 332 g/mol. The molecule has 4 heterocycles. The van der Waals surface area contributed by atoms with Crippen LogP contribution >= 0.6 is 0 Å². The zero-order chi connectivity index (χ0) is 18.1. The highest BCUT2D eigenvalue weighted by Gasteiger charge is 2.36. The summed E-state index contributed by atoms with van der Waals surface area (Å²) < 4.78 is 5.15. The van der Waals surface area contributed by atoms with Crippen LogP contribution in [0.2, 0.25) is 0 Å². The monoisotopic (exact) mass is 356 g/mol. The minimum atomic E-state index is 0.159. The normalized spacial score (nSPS) is 18.8. The van der Waals surface area contributed by atoms with Crippen LogP contribution in [0.4, 0.5) is 5.95 Å². The van der Waals surface area contributed by atoms with Crippen molar-refractivity contribution in [2.75, 3.05) is 44.2 Å². The summed E-state index contributed by atoms with van der Waals surface area (Å²) in [6.07, 6.45) is 3.94. The first-order chi connectivity index (χ1) is 12.6. The van der Waals surface area contributed by atoms with Gasteiger partial charge in [0.15, 0.2) is 0 Å².